The Morgan fingerprint density at radius 3 is 2.68 bits per heavy atom. The van der Waals surface area contributed by atoms with Gasteiger partial charge in [0.25, 0.3) is 0 Å². The number of aryl methyl sites for hydroxylation is 2. The molecule has 22 heavy (non-hydrogen) atoms. The molecule has 4 heteroatoms. The Hall–Kier alpha value is -1.55. The fourth-order valence-electron chi connectivity index (χ4n) is 2.51. The lowest BCUT2D eigenvalue weighted by Gasteiger charge is -2.17. The fraction of sp³-hybridized carbons (Fsp3) is 0.333. The Balaban J connectivity index is 1.83. The van der Waals surface area contributed by atoms with Gasteiger partial charge in [-0.05, 0) is 42.7 Å². The molecule has 1 aliphatic rings. The van der Waals surface area contributed by atoms with Crippen molar-refractivity contribution >= 4 is 11.6 Å². The molecule has 0 aliphatic carbocycles. The Bertz CT molecular complexity index is 663. The third-order valence-electron chi connectivity index (χ3n) is 3.73. The van der Waals surface area contributed by atoms with Gasteiger partial charge in [-0.1, -0.05) is 35.9 Å². The lowest BCUT2D eigenvalue weighted by Crippen LogP contribution is -2.07. The molecule has 0 saturated carbocycles. The van der Waals surface area contributed by atoms with Crippen molar-refractivity contribution < 1.29 is 14.2 Å². The van der Waals surface area contributed by atoms with Crippen LogP contribution in [-0.4, -0.2) is 13.2 Å². The predicted molar refractivity (Wildman–Crippen MR) is 86.3 cm³/mol. The molecule has 0 amide bonds. The second-order valence-electron chi connectivity index (χ2n) is 5.44. The van der Waals surface area contributed by atoms with Crippen LogP contribution in [0.25, 0.3) is 0 Å². The van der Waals surface area contributed by atoms with Crippen LogP contribution in [-0.2, 0) is 16.1 Å². The van der Waals surface area contributed by atoms with E-state index in [4.69, 9.17) is 25.8 Å². The number of ether oxygens (including phenoxy) is 3. The third kappa shape index (κ3) is 3.27. The van der Waals surface area contributed by atoms with Crippen molar-refractivity contribution in [2.75, 3.05) is 13.2 Å². The lowest BCUT2D eigenvalue weighted by atomic mass is 10.1. The summed E-state index contributed by atoms with van der Waals surface area (Å²) >= 11 is 6.33. The fourth-order valence-corrected chi connectivity index (χ4v) is 2.80. The van der Waals surface area contributed by atoms with Gasteiger partial charge in [-0.2, -0.15) is 0 Å². The van der Waals surface area contributed by atoms with E-state index >= 15 is 0 Å². The number of halogens is 1. The van der Waals surface area contributed by atoms with Gasteiger partial charge in [0.15, 0.2) is 6.29 Å². The van der Waals surface area contributed by atoms with Crippen LogP contribution in [0, 0.1) is 13.8 Å². The average Bonchev–Trinajstić information content (AvgIpc) is 3.02. The Morgan fingerprint density at radius 2 is 1.91 bits per heavy atom. The van der Waals surface area contributed by atoms with E-state index in [1.807, 2.05) is 31.2 Å². The van der Waals surface area contributed by atoms with Gasteiger partial charge in [0.2, 0.25) is 0 Å². The summed E-state index contributed by atoms with van der Waals surface area (Å²) in [5, 5.41) is 0.647. The molecule has 0 unspecified atom stereocenters. The average molecular weight is 319 g/mol. The molecular weight excluding hydrogens is 300 g/mol. The number of rotatable bonds is 4. The van der Waals surface area contributed by atoms with Crippen molar-refractivity contribution in [2.45, 2.75) is 26.7 Å². The maximum atomic E-state index is 6.33. The summed E-state index contributed by atoms with van der Waals surface area (Å²) in [4.78, 5) is 0. The first kappa shape index (κ1) is 15.3. The molecule has 0 radical (unpaired) electrons. The van der Waals surface area contributed by atoms with E-state index in [2.05, 4.69) is 19.1 Å². The molecule has 1 saturated heterocycles. The zero-order valence-electron chi connectivity index (χ0n) is 12.8. The summed E-state index contributed by atoms with van der Waals surface area (Å²) in [5.74, 6) is 0.888. The van der Waals surface area contributed by atoms with Crippen molar-refractivity contribution in [1.82, 2.24) is 0 Å². The van der Waals surface area contributed by atoms with Gasteiger partial charge < -0.3 is 14.2 Å². The van der Waals surface area contributed by atoms with Crippen LogP contribution in [0.5, 0.6) is 5.75 Å². The number of benzene rings is 2. The molecule has 116 valence electrons. The zero-order chi connectivity index (χ0) is 15.5. The van der Waals surface area contributed by atoms with Gasteiger partial charge in [0.1, 0.15) is 12.4 Å². The Kier molecular flexibility index (Phi) is 4.67. The maximum absolute atomic E-state index is 6.33. The summed E-state index contributed by atoms with van der Waals surface area (Å²) in [6, 6.07) is 11.9. The molecule has 0 bridgehead atoms. The van der Waals surface area contributed by atoms with E-state index in [-0.39, 0.29) is 0 Å². The molecule has 0 spiro atoms. The Morgan fingerprint density at radius 1 is 1.14 bits per heavy atom. The molecule has 0 aromatic heterocycles. The smallest absolute Gasteiger partial charge is 0.185 e. The van der Waals surface area contributed by atoms with E-state index in [1.165, 1.54) is 5.56 Å². The highest BCUT2D eigenvalue weighted by Crippen LogP contribution is 2.33. The molecule has 1 heterocycles. The van der Waals surface area contributed by atoms with Crippen molar-refractivity contribution in [2.24, 2.45) is 0 Å². The molecule has 0 N–H and O–H groups in total. The van der Waals surface area contributed by atoms with Gasteiger partial charge in [0.05, 0.1) is 13.2 Å². The summed E-state index contributed by atoms with van der Waals surface area (Å²) in [5.41, 5.74) is 4.14. The van der Waals surface area contributed by atoms with Crippen LogP contribution in [0.15, 0.2) is 36.4 Å². The van der Waals surface area contributed by atoms with Crippen LogP contribution in [0.4, 0.5) is 0 Å². The van der Waals surface area contributed by atoms with Crippen LogP contribution in [0.2, 0.25) is 5.02 Å². The summed E-state index contributed by atoms with van der Waals surface area (Å²) in [7, 11) is 0. The van der Waals surface area contributed by atoms with Crippen LogP contribution in [0.1, 0.15) is 28.5 Å². The number of hydrogen-bond acceptors (Lipinski definition) is 3. The first-order chi connectivity index (χ1) is 10.6. The SMILES string of the molecule is Cc1ccc(C)c(OCc2cccc(Cl)c2C2OCCO2)c1. The van der Waals surface area contributed by atoms with Crippen molar-refractivity contribution in [3.8, 4) is 5.75 Å². The second-order valence-corrected chi connectivity index (χ2v) is 5.85. The molecule has 1 aliphatic heterocycles. The van der Waals surface area contributed by atoms with E-state index in [0.717, 1.165) is 22.4 Å². The van der Waals surface area contributed by atoms with Crippen LogP contribution >= 0.6 is 11.6 Å². The highest BCUT2D eigenvalue weighted by molar-refractivity contribution is 6.31. The highest BCUT2D eigenvalue weighted by Gasteiger charge is 2.24. The summed E-state index contributed by atoms with van der Waals surface area (Å²) in [6.45, 7) is 5.71. The molecular formula is C18H19ClO3. The minimum Gasteiger partial charge on any atom is -0.489 e. The zero-order valence-corrected chi connectivity index (χ0v) is 13.5. The van der Waals surface area contributed by atoms with E-state index in [1.54, 1.807) is 0 Å². The number of hydrogen-bond donors (Lipinski definition) is 0. The summed E-state index contributed by atoms with van der Waals surface area (Å²) < 4.78 is 17.2. The minimum atomic E-state index is -0.397. The van der Waals surface area contributed by atoms with E-state index in [0.29, 0.717) is 24.8 Å². The highest BCUT2D eigenvalue weighted by atomic mass is 35.5. The quantitative estimate of drug-likeness (QED) is 0.825. The van der Waals surface area contributed by atoms with Crippen molar-refractivity contribution in [3.05, 3.63) is 63.7 Å². The molecule has 1 fully saturated rings. The van der Waals surface area contributed by atoms with Gasteiger partial charge in [0, 0.05) is 10.6 Å². The van der Waals surface area contributed by atoms with Gasteiger partial charge >= 0.3 is 0 Å². The molecule has 0 atom stereocenters. The van der Waals surface area contributed by atoms with Crippen molar-refractivity contribution in [3.63, 3.8) is 0 Å². The first-order valence-electron chi connectivity index (χ1n) is 7.35. The normalized spacial score (nSPS) is 15.2. The largest absolute Gasteiger partial charge is 0.489 e. The van der Waals surface area contributed by atoms with Gasteiger partial charge in [-0.25, -0.2) is 0 Å². The third-order valence-corrected chi connectivity index (χ3v) is 4.06. The molecule has 2 aromatic rings. The Labute approximate surface area is 135 Å². The molecule has 2 aromatic carbocycles. The van der Waals surface area contributed by atoms with Crippen molar-refractivity contribution in [1.29, 1.82) is 0 Å². The standard InChI is InChI=1S/C18H19ClO3/c1-12-6-7-13(2)16(10-12)22-11-14-4-3-5-15(19)17(14)18-20-8-9-21-18/h3-7,10,18H,8-9,11H2,1-2H3. The van der Waals surface area contributed by atoms with E-state index in [9.17, 15) is 0 Å². The van der Waals surface area contributed by atoms with Gasteiger partial charge in [-0.15, -0.1) is 0 Å². The predicted octanol–water partition coefficient (Wildman–Crippen LogP) is 4.58. The van der Waals surface area contributed by atoms with E-state index < -0.39 is 6.29 Å². The first-order valence-corrected chi connectivity index (χ1v) is 7.73. The maximum Gasteiger partial charge on any atom is 0.185 e. The minimum absolute atomic E-state index is 0.397. The lowest BCUT2D eigenvalue weighted by molar-refractivity contribution is -0.0451. The molecule has 3 rings (SSSR count). The topological polar surface area (TPSA) is 27.7 Å². The van der Waals surface area contributed by atoms with Crippen LogP contribution in [0.3, 0.4) is 0 Å². The monoisotopic (exact) mass is 318 g/mol. The molecule has 3 nitrogen and oxygen atoms in total. The van der Waals surface area contributed by atoms with Crippen LogP contribution < -0.4 is 4.74 Å². The second kappa shape index (κ2) is 6.69. The summed E-state index contributed by atoms with van der Waals surface area (Å²) in [6.07, 6.45) is -0.397. The van der Waals surface area contributed by atoms with Gasteiger partial charge in [-0.3, -0.25) is 0 Å².